The molecule has 0 spiro atoms. The third-order valence-corrected chi connectivity index (χ3v) is 9.29. The first-order valence-corrected chi connectivity index (χ1v) is 23.3. The van der Waals surface area contributed by atoms with Gasteiger partial charge in [0.25, 0.3) is 0 Å². The van der Waals surface area contributed by atoms with Crippen molar-refractivity contribution in [3.8, 4) is 0 Å². The summed E-state index contributed by atoms with van der Waals surface area (Å²) >= 11 is 0. The highest BCUT2D eigenvalue weighted by atomic mass is 28.4. The standard InChI is InChI=1S/C37H50N2O6Si2/c1-28-23-39(37(45-47(5,6)7)38-35(28)44-46(2,3)4)36-34(42-26-31-21-15-10-16-22-31)33(41-25-30-19-13-9-14-20-30)32(43-36)27-40-24-29-17-11-8-12-18-29/h8-23,32-34,36-37H,24-27H2,1-7H3/t32-,33-,34-,36-,37?/m1/s1. The molecular formula is C37H50N2O6Si2. The Kier molecular flexibility index (Phi) is 11.9. The van der Waals surface area contributed by atoms with Crippen LogP contribution in [0.3, 0.4) is 0 Å². The Morgan fingerprint density at radius 1 is 0.681 bits per heavy atom. The lowest BCUT2D eigenvalue weighted by molar-refractivity contribution is -0.143. The van der Waals surface area contributed by atoms with Crippen molar-refractivity contribution in [1.29, 1.82) is 0 Å². The third-order valence-electron chi connectivity index (χ3n) is 7.57. The smallest absolute Gasteiger partial charge is 0.244 e. The zero-order valence-corrected chi connectivity index (χ0v) is 30.8. The molecule has 3 aromatic rings. The first-order chi connectivity index (χ1) is 22.4. The maximum Gasteiger partial charge on any atom is 0.244 e. The molecule has 2 aliphatic rings. The molecule has 0 saturated carbocycles. The monoisotopic (exact) mass is 674 g/mol. The quantitative estimate of drug-likeness (QED) is 0.162. The van der Waals surface area contributed by atoms with E-state index in [0.717, 1.165) is 22.3 Å². The van der Waals surface area contributed by atoms with Crippen LogP contribution in [0.5, 0.6) is 0 Å². The molecule has 47 heavy (non-hydrogen) atoms. The third kappa shape index (κ3) is 10.4. The maximum atomic E-state index is 6.91. The summed E-state index contributed by atoms with van der Waals surface area (Å²) in [6.45, 7) is 16.6. The Balaban J connectivity index is 1.47. The molecule has 0 aromatic heterocycles. The van der Waals surface area contributed by atoms with Crippen LogP contribution >= 0.6 is 0 Å². The van der Waals surface area contributed by atoms with E-state index in [2.05, 4.69) is 86.8 Å². The highest BCUT2D eigenvalue weighted by Gasteiger charge is 2.51. The molecule has 1 fully saturated rings. The molecule has 5 atom stereocenters. The van der Waals surface area contributed by atoms with E-state index >= 15 is 0 Å². The number of aliphatic imine (C=N–C) groups is 1. The van der Waals surface area contributed by atoms with Crippen molar-refractivity contribution in [2.75, 3.05) is 6.61 Å². The Labute approximate surface area is 282 Å². The first-order valence-electron chi connectivity index (χ1n) is 16.4. The van der Waals surface area contributed by atoms with Crippen LogP contribution in [0.1, 0.15) is 23.6 Å². The number of ether oxygens (including phenoxy) is 4. The number of benzene rings is 3. The molecule has 252 valence electrons. The lowest BCUT2D eigenvalue weighted by atomic mass is 10.1. The van der Waals surface area contributed by atoms with Crippen LogP contribution in [0.25, 0.3) is 0 Å². The molecule has 0 bridgehead atoms. The van der Waals surface area contributed by atoms with Gasteiger partial charge in [-0.25, -0.2) is 4.99 Å². The molecule has 1 unspecified atom stereocenters. The normalized spacial score (nSPS) is 23.4. The molecule has 5 rings (SSSR count). The lowest BCUT2D eigenvalue weighted by Crippen LogP contribution is -2.52. The van der Waals surface area contributed by atoms with Crippen LogP contribution in [-0.4, -0.2) is 64.9 Å². The van der Waals surface area contributed by atoms with Crippen LogP contribution in [0.4, 0.5) is 0 Å². The van der Waals surface area contributed by atoms with E-state index in [0.29, 0.717) is 32.3 Å². The van der Waals surface area contributed by atoms with Gasteiger partial charge in [0.2, 0.25) is 20.6 Å². The van der Waals surface area contributed by atoms with Gasteiger partial charge in [-0.2, -0.15) is 0 Å². The summed E-state index contributed by atoms with van der Waals surface area (Å²) in [4.78, 5) is 7.10. The fraction of sp³-hybridized carbons (Fsp3) is 0.432. The topological polar surface area (TPSA) is 71.0 Å². The SMILES string of the molecule is CC1=CN([C@@H]2O[C@H](COCc3ccccc3)[C@@H](OCc3ccccc3)[C@H]2OCc2ccccc2)C(O[Si](C)(C)C)N=C1O[Si](C)(C)C. The van der Waals surface area contributed by atoms with E-state index in [1.807, 2.05) is 61.5 Å². The molecule has 2 heterocycles. The van der Waals surface area contributed by atoms with Crippen molar-refractivity contribution in [1.82, 2.24) is 4.90 Å². The predicted molar refractivity (Wildman–Crippen MR) is 190 cm³/mol. The minimum Gasteiger partial charge on any atom is -0.531 e. The lowest BCUT2D eigenvalue weighted by Gasteiger charge is -2.41. The van der Waals surface area contributed by atoms with E-state index in [4.69, 9.17) is 32.8 Å². The number of hydrogen-bond acceptors (Lipinski definition) is 8. The van der Waals surface area contributed by atoms with Gasteiger partial charge in [-0.05, 0) is 62.9 Å². The van der Waals surface area contributed by atoms with Gasteiger partial charge in [0, 0.05) is 11.8 Å². The molecule has 2 aliphatic heterocycles. The summed E-state index contributed by atoms with van der Waals surface area (Å²) in [5.74, 6) is 0.628. The predicted octanol–water partition coefficient (Wildman–Crippen LogP) is 7.70. The van der Waals surface area contributed by atoms with Crippen molar-refractivity contribution >= 4 is 22.5 Å². The molecule has 8 nitrogen and oxygen atoms in total. The van der Waals surface area contributed by atoms with Crippen molar-refractivity contribution in [3.05, 3.63) is 119 Å². The van der Waals surface area contributed by atoms with E-state index in [1.54, 1.807) is 0 Å². The van der Waals surface area contributed by atoms with Gasteiger partial charge in [-0.3, -0.25) is 0 Å². The van der Waals surface area contributed by atoms with Crippen LogP contribution in [-0.2, 0) is 47.6 Å². The summed E-state index contributed by atoms with van der Waals surface area (Å²) in [5, 5.41) is 0. The molecule has 0 aliphatic carbocycles. The molecule has 0 amide bonds. The van der Waals surface area contributed by atoms with Gasteiger partial charge in [-0.15, -0.1) is 0 Å². The summed E-state index contributed by atoms with van der Waals surface area (Å²) < 4.78 is 39.8. The second-order valence-corrected chi connectivity index (χ2v) is 22.9. The summed E-state index contributed by atoms with van der Waals surface area (Å²) in [5.41, 5.74) is 4.16. The van der Waals surface area contributed by atoms with Gasteiger partial charge in [0.1, 0.15) is 18.3 Å². The van der Waals surface area contributed by atoms with Crippen molar-refractivity contribution in [3.63, 3.8) is 0 Å². The molecule has 3 aromatic carbocycles. The maximum absolute atomic E-state index is 6.91. The zero-order chi connectivity index (χ0) is 33.4. The highest BCUT2D eigenvalue weighted by molar-refractivity contribution is 6.71. The average molecular weight is 675 g/mol. The average Bonchev–Trinajstić information content (AvgIpc) is 3.37. The second-order valence-electron chi connectivity index (χ2n) is 14.1. The van der Waals surface area contributed by atoms with Crippen LogP contribution in [0, 0.1) is 0 Å². The van der Waals surface area contributed by atoms with Gasteiger partial charge in [0.05, 0.1) is 26.4 Å². The summed E-state index contributed by atoms with van der Waals surface area (Å²) in [7, 11) is -3.99. The molecular weight excluding hydrogens is 625 g/mol. The highest BCUT2D eigenvalue weighted by Crippen LogP contribution is 2.35. The Morgan fingerprint density at radius 3 is 1.70 bits per heavy atom. The summed E-state index contributed by atoms with van der Waals surface area (Å²) in [6.07, 6.45) is -0.446. The van der Waals surface area contributed by atoms with Crippen LogP contribution < -0.4 is 0 Å². The van der Waals surface area contributed by atoms with Gasteiger partial charge in [0.15, 0.2) is 14.5 Å². The minimum absolute atomic E-state index is 0.333. The van der Waals surface area contributed by atoms with Crippen LogP contribution in [0.15, 0.2) is 108 Å². The van der Waals surface area contributed by atoms with Crippen molar-refractivity contribution in [2.45, 2.75) is 96.9 Å². The van der Waals surface area contributed by atoms with E-state index in [9.17, 15) is 0 Å². The number of hydrogen-bond donors (Lipinski definition) is 0. The van der Waals surface area contributed by atoms with E-state index in [-0.39, 0.29) is 0 Å². The molecule has 1 saturated heterocycles. The summed E-state index contributed by atoms with van der Waals surface area (Å²) in [6, 6.07) is 30.5. The minimum atomic E-state index is -2.07. The van der Waals surface area contributed by atoms with E-state index in [1.165, 1.54) is 0 Å². The van der Waals surface area contributed by atoms with Crippen LogP contribution in [0.2, 0.25) is 39.3 Å². The Morgan fingerprint density at radius 2 is 1.19 bits per heavy atom. The molecule has 0 radical (unpaired) electrons. The van der Waals surface area contributed by atoms with Gasteiger partial charge in [-0.1, -0.05) is 91.0 Å². The second kappa shape index (κ2) is 15.9. The van der Waals surface area contributed by atoms with Crippen molar-refractivity contribution < 1.29 is 27.8 Å². The van der Waals surface area contributed by atoms with E-state index < -0.39 is 47.5 Å². The van der Waals surface area contributed by atoms with Gasteiger partial charge >= 0.3 is 0 Å². The largest absolute Gasteiger partial charge is 0.531 e. The Bertz CT molecular complexity index is 1460. The molecule has 0 N–H and O–H groups in total. The number of rotatable bonds is 14. The zero-order valence-electron chi connectivity index (χ0n) is 28.8. The number of nitrogens with zero attached hydrogens (tertiary/aromatic N) is 2. The first kappa shape index (κ1) is 35.2. The fourth-order valence-corrected chi connectivity index (χ4v) is 7.07. The van der Waals surface area contributed by atoms with Crippen molar-refractivity contribution in [2.24, 2.45) is 4.99 Å². The Hall–Kier alpha value is -3.10. The fourth-order valence-electron chi connectivity index (χ4n) is 5.47. The van der Waals surface area contributed by atoms with Gasteiger partial charge < -0.3 is 32.7 Å². The molecule has 10 heteroatoms.